The Morgan fingerprint density at radius 2 is 2.00 bits per heavy atom. The Balaban J connectivity index is 2.06. The number of hydrogen-bond acceptors (Lipinski definition) is 2. The third-order valence-corrected chi connectivity index (χ3v) is 4.30. The van der Waals surface area contributed by atoms with Crippen LogP contribution in [0.3, 0.4) is 0 Å². The standard InChI is InChI=1S/C17H19BrClNO/c1-3-20-12(2)13-8-9-17(15(18)10-13)21-11-14-6-4-5-7-16(14)19/h4-10,12,20H,3,11H2,1-2H3. The monoisotopic (exact) mass is 367 g/mol. The highest BCUT2D eigenvalue weighted by atomic mass is 79.9. The van der Waals surface area contributed by atoms with E-state index < -0.39 is 0 Å². The molecule has 112 valence electrons. The first-order valence-corrected chi connectivity index (χ1v) is 8.18. The summed E-state index contributed by atoms with van der Waals surface area (Å²) in [4.78, 5) is 0. The van der Waals surface area contributed by atoms with E-state index in [0.717, 1.165) is 27.4 Å². The van der Waals surface area contributed by atoms with Crippen LogP contribution in [0.15, 0.2) is 46.9 Å². The third-order valence-electron chi connectivity index (χ3n) is 3.31. The van der Waals surface area contributed by atoms with Crippen molar-refractivity contribution >= 4 is 27.5 Å². The first-order chi connectivity index (χ1) is 10.1. The van der Waals surface area contributed by atoms with Crippen molar-refractivity contribution in [2.75, 3.05) is 6.54 Å². The number of halogens is 2. The summed E-state index contributed by atoms with van der Waals surface area (Å²) in [5, 5.41) is 4.12. The number of nitrogens with one attached hydrogen (secondary N) is 1. The van der Waals surface area contributed by atoms with Crippen LogP contribution in [0.5, 0.6) is 5.75 Å². The third kappa shape index (κ3) is 4.47. The fourth-order valence-corrected chi connectivity index (χ4v) is 2.80. The molecule has 2 rings (SSSR count). The van der Waals surface area contributed by atoms with Gasteiger partial charge in [-0.3, -0.25) is 0 Å². The van der Waals surface area contributed by atoms with Crippen LogP contribution in [0.25, 0.3) is 0 Å². The molecule has 0 heterocycles. The lowest BCUT2D eigenvalue weighted by molar-refractivity contribution is 0.304. The Labute approximate surface area is 139 Å². The van der Waals surface area contributed by atoms with E-state index in [9.17, 15) is 0 Å². The number of hydrogen-bond donors (Lipinski definition) is 1. The van der Waals surface area contributed by atoms with E-state index >= 15 is 0 Å². The second kappa shape index (κ2) is 7.83. The minimum Gasteiger partial charge on any atom is -0.488 e. The van der Waals surface area contributed by atoms with Gasteiger partial charge in [-0.2, -0.15) is 0 Å². The van der Waals surface area contributed by atoms with Crippen molar-refractivity contribution in [1.29, 1.82) is 0 Å². The summed E-state index contributed by atoms with van der Waals surface area (Å²) in [5.74, 6) is 0.822. The maximum absolute atomic E-state index is 6.13. The van der Waals surface area contributed by atoms with Crippen LogP contribution in [0.1, 0.15) is 31.0 Å². The van der Waals surface area contributed by atoms with E-state index in [0.29, 0.717) is 12.6 Å². The fourth-order valence-electron chi connectivity index (χ4n) is 2.10. The van der Waals surface area contributed by atoms with Gasteiger partial charge in [0.05, 0.1) is 4.47 Å². The summed E-state index contributed by atoms with van der Waals surface area (Å²) >= 11 is 9.70. The first kappa shape index (κ1) is 16.3. The van der Waals surface area contributed by atoms with Gasteiger partial charge in [-0.1, -0.05) is 42.8 Å². The molecule has 4 heteroatoms. The zero-order valence-electron chi connectivity index (χ0n) is 12.2. The molecule has 21 heavy (non-hydrogen) atoms. The van der Waals surface area contributed by atoms with E-state index in [-0.39, 0.29) is 0 Å². The number of ether oxygens (including phenoxy) is 1. The van der Waals surface area contributed by atoms with Crippen molar-refractivity contribution in [1.82, 2.24) is 5.32 Å². The number of rotatable bonds is 6. The molecule has 0 aliphatic rings. The van der Waals surface area contributed by atoms with Crippen molar-refractivity contribution in [3.63, 3.8) is 0 Å². The molecule has 0 amide bonds. The molecule has 0 bridgehead atoms. The average molecular weight is 369 g/mol. The van der Waals surface area contributed by atoms with E-state index in [4.69, 9.17) is 16.3 Å². The zero-order chi connectivity index (χ0) is 15.2. The van der Waals surface area contributed by atoms with Crippen LogP contribution in [0.2, 0.25) is 5.02 Å². The molecule has 0 aliphatic heterocycles. The Kier molecular flexibility index (Phi) is 6.09. The molecule has 2 aromatic carbocycles. The maximum Gasteiger partial charge on any atom is 0.134 e. The van der Waals surface area contributed by atoms with Gasteiger partial charge in [0, 0.05) is 16.6 Å². The highest BCUT2D eigenvalue weighted by Gasteiger charge is 2.08. The Bertz CT molecular complexity index is 603. The second-order valence-corrected chi connectivity index (χ2v) is 6.11. The van der Waals surface area contributed by atoms with Crippen molar-refractivity contribution < 1.29 is 4.74 Å². The zero-order valence-corrected chi connectivity index (χ0v) is 14.5. The van der Waals surface area contributed by atoms with Crippen LogP contribution in [0, 0.1) is 0 Å². The molecule has 1 unspecified atom stereocenters. The predicted octanol–water partition coefficient (Wildman–Crippen LogP) is 5.35. The van der Waals surface area contributed by atoms with Crippen LogP contribution in [0.4, 0.5) is 0 Å². The molecule has 2 nitrogen and oxygen atoms in total. The molecule has 2 aromatic rings. The van der Waals surface area contributed by atoms with Gasteiger partial charge in [-0.25, -0.2) is 0 Å². The largest absolute Gasteiger partial charge is 0.488 e. The Hall–Kier alpha value is -1.03. The van der Waals surface area contributed by atoms with Crippen molar-refractivity contribution in [2.45, 2.75) is 26.5 Å². The SMILES string of the molecule is CCNC(C)c1ccc(OCc2ccccc2Cl)c(Br)c1. The second-order valence-electron chi connectivity index (χ2n) is 4.85. The normalized spacial score (nSPS) is 12.2. The van der Waals surface area contributed by atoms with Gasteiger partial charge in [-0.15, -0.1) is 0 Å². The van der Waals surface area contributed by atoms with Gasteiger partial charge < -0.3 is 10.1 Å². The topological polar surface area (TPSA) is 21.3 Å². The van der Waals surface area contributed by atoms with Gasteiger partial charge in [0.1, 0.15) is 12.4 Å². The maximum atomic E-state index is 6.13. The lowest BCUT2D eigenvalue weighted by Gasteiger charge is -2.15. The quantitative estimate of drug-likeness (QED) is 0.742. The summed E-state index contributed by atoms with van der Waals surface area (Å²) in [6.45, 7) is 5.66. The lowest BCUT2D eigenvalue weighted by Crippen LogP contribution is -2.17. The summed E-state index contributed by atoms with van der Waals surface area (Å²) in [6.07, 6.45) is 0. The molecule has 0 spiro atoms. The highest BCUT2D eigenvalue weighted by Crippen LogP contribution is 2.29. The lowest BCUT2D eigenvalue weighted by atomic mass is 10.1. The van der Waals surface area contributed by atoms with E-state index in [1.807, 2.05) is 30.3 Å². The smallest absolute Gasteiger partial charge is 0.134 e. The summed E-state index contributed by atoms with van der Waals surface area (Å²) in [6, 6.07) is 14.2. The average Bonchev–Trinajstić information content (AvgIpc) is 2.47. The van der Waals surface area contributed by atoms with E-state index in [2.05, 4.69) is 47.2 Å². The van der Waals surface area contributed by atoms with Gasteiger partial charge in [-0.05, 0) is 53.2 Å². The molecule has 0 saturated carbocycles. The van der Waals surface area contributed by atoms with Crippen molar-refractivity contribution in [3.05, 3.63) is 63.1 Å². The molecular weight excluding hydrogens is 350 g/mol. The number of benzene rings is 2. The van der Waals surface area contributed by atoms with Gasteiger partial charge in [0.2, 0.25) is 0 Å². The van der Waals surface area contributed by atoms with E-state index in [1.165, 1.54) is 5.56 Å². The van der Waals surface area contributed by atoms with Crippen LogP contribution >= 0.6 is 27.5 Å². The summed E-state index contributed by atoms with van der Waals surface area (Å²) in [7, 11) is 0. The van der Waals surface area contributed by atoms with Crippen LogP contribution in [-0.4, -0.2) is 6.54 Å². The van der Waals surface area contributed by atoms with Crippen LogP contribution in [-0.2, 0) is 6.61 Å². The van der Waals surface area contributed by atoms with Gasteiger partial charge in [0.15, 0.2) is 0 Å². The fraction of sp³-hybridized carbons (Fsp3) is 0.294. The van der Waals surface area contributed by atoms with Crippen LogP contribution < -0.4 is 10.1 Å². The van der Waals surface area contributed by atoms with Gasteiger partial charge in [0.25, 0.3) is 0 Å². The first-order valence-electron chi connectivity index (χ1n) is 7.01. The molecule has 0 aliphatic carbocycles. The molecule has 0 aromatic heterocycles. The molecule has 0 fully saturated rings. The Morgan fingerprint density at radius 1 is 1.24 bits per heavy atom. The minimum absolute atomic E-state index is 0.323. The molecule has 0 radical (unpaired) electrons. The molecule has 1 N–H and O–H groups in total. The molecular formula is C17H19BrClNO. The molecule has 0 saturated heterocycles. The minimum atomic E-state index is 0.323. The van der Waals surface area contributed by atoms with Crippen molar-refractivity contribution in [3.8, 4) is 5.75 Å². The predicted molar refractivity (Wildman–Crippen MR) is 92.0 cm³/mol. The summed E-state index contributed by atoms with van der Waals surface area (Å²) < 4.78 is 6.80. The highest BCUT2D eigenvalue weighted by molar-refractivity contribution is 9.10. The molecule has 1 atom stereocenters. The van der Waals surface area contributed by atoms with Crippen molar-refractivity contribution in [2.24, 2.45) is 0 Å². The Morgan fingerprint density at radius 3 is 2.67 bits per heavy atom. The summed E-state index contributed by atoms with van der Waals surface area (Å²) in [5.41, 5.74) is 2.21. The van der Waals surface area contributed by atoms with Gasteiger partial charge >= 0.3 is 0 Å². The van der Waals surface area contributed by atoms with E-state index in [1.54, 1.807) is 0 Å².